The Labute approximate surface area is 134 Å². The number of carbonyl (C=O) groups is 1. The number of nitrogens with zero attached hydrogens (tertiary/aromatic N) is 1. The molecule has 0 amide bonds. The predicted molar refractivity (Wildman–Crippen MR) is 90.8 cm³/mol. The topological polar surface area (TPSA) is 49.8 Å². The maximum absolute atomic E-state index is 11.2. The van der Waals surface area contributed by atoms with E-state index in [1.165, 1.54) is 25.7 Å². The molecule has 0 aliphatic carbocycles. The van der Waals surface area contributed by atoms with Gasteiger partial charge in [-0.3, -0.25) is 4.79 Å². The standard InChI is InChI=1S/C18H29NO3/c1-4-5-6-7-10-13-19(14-15(2)18(20)21)16-11-8-9-12-17(16)22-3/h8-9,11-12,15H,4-7,10,13-14H2,1-3H3,(H,20,21). The average Bonchev–Trinajstić information content (AvgIpc) is 2.53. The molecule has 0 heterocycles. The molecule has 1 N–H and O–H groups in total. The van der Waals surface area contributed by atoms with Gasteiger partial charge in [0.15, 0.2) is 0 Å². The summed E-state index contributed by atoms with van der Waals surface area (Å²) in [7, 11) is 1.65. The number of methoxy groups -OCH3 is 1. The molecule has 0 fully saturated rings. The van der Waals surface area contributed by atoms with Crippen LogP contribution in [-0.2, 0) is 4.79 Å². The number of rotatable bonds is 11. The van der Waals surface area contributed by atoms with E-state index in [-0.39, 0.29) is 0 Å². The van der Waals surface area contributed by atoms with Crippen LogP contribution in [0, 0.1) is 5.92 Å². The fraction of sp³-hybridized carbons (Fsp3) is 0.611. The normalized spacial score (nSPS) is 12.0. The monoisotopic (exact) mass is 307 g/mol. The van der Waals surface area contributed by atoms with Crippen LogP contribution in [0.15, 0.2) is 24.3 Å². The molecular formula is C18H29NO3. The van der Waals surface area contributed by atoms with Crippen LogP contribution in [0.1, 0.15) is 46.0 Å². The lowest BCUT2D eigenvalue weighted by Gasteiger charge is -2.28. The number of ether oxygens (including phenoxy) is 1. The predicted octanol–water partition coefficient (Wildman–Crippen LogP) is 4.19. The molecule has 0 aromatic heterocycles. The summed E-state index contributed by atoms with van der Waals surface area (Å²) < 4.78 is 5.42. The second-order valence-electron chi connectivity index (χ2n) is 5.77. The maximum Gasteiger partial charge on any atom is 0.308 e. The van der Waals surface area contributed by atoms with Crippen molar-refractivity contribution in [2.45, 2.75) is 46.0 Å². The van der Waals surface area contributed by atoms with Gasteiger partial charge in [-0.25, -0.2) is 0 Å². The van der Waals surface area contributed by atoms with Crippen molar-refractivity contribution >= 4 is 11.7 Å². The van der Waals surface area contributed by atoms with Crippen LogP contribution in [0.5, 0.6) is 5.75 Å². The number of hydrogen-bond acceptors (Lipinski definition) is 3. The minimum Gasteiger partial charge on any atom is -0.495 e. The van der Waals surface area contributed by atoms with Crippen LogP contribution >= 0.6 is 0 Å². The highest BCUT2D eigenvalue weighted by molar-refractivity contribution is 5.71. The molecule has 1 rings (SSSR count). The van der Waals surface area contributed by atoms with Crippen LogP contribution < -0.4 is 9.64 Å². The summed E-state index contributed by atoms with van der Waals surface area (Å²) in [6, 6.07) is 7.82. The van der Waals surface area contributed by atoms with Gasteiger partial charge in [-0.1, -0.05) is 51.7 Å². The number of carboxylic acids is 1. The minimum atomic E-state index is -0.758. The number of aliphatic carboxylic acids is 1. The van der Waals surface area contributed by atoms with E-state index < -0.39 is 11.9 Å². The lowest BCUT2D eigenvalue weighted by Crippen LogP contribution is -2.33. The number of para-hydroxylation sites is 2. The molecular weight excluding hydrogens is 278 g/mol. The molecule has 1 aromatic carbocycles. The summed E-state index contributed by atoms with van der Waals surface area (Å²) in [5.74, 6) is -0.361. The average molecular weight is 307 g/mol. The number of anilines is 1. The fourth-order valence-corrected chi connectivity index (χ4v) is 2.52. The van der Waals surface area contributed by atoms with Gasteiger partial charge in [-0.15, -0.1) is 0 Å². The van der Waals surface area contributed by atoms with E-state index in [0.29, 0.717) is 6.54 Å². The van der Waals surface area contributed by atoms with E-state index >= 15 is 0 Å². The van der Waals surface area contributed by atoms with Crippen LogP contribution in [0.2, 0.25) is 0 Å². The Balaban J connectivity index is 2.74. The molecule has 0 spiro atoms. The Morgan fingerprint density at radius 1 is 1.23 bits per heavy atom. The summed E-state index contributed by atoms with van der Waals surface area (Å²) in [5, 5.41) is 9.19. The highest BCUT2D eigenvalue weighted by Gasteiger charge is 2.18. The van der Waals surface area contributed by atoms with Gasteiger partial charge in [0.05, 0.1) is 18.7 Å². The SMILES string of the molecule is CCCCCCCN(CC(C)C(=O)O)c1ccccc1OC. The molecule has 1 aromatic rings. The molecule has 4 nitrogen and oxygen atoms in total. The van der Waals surface area contributed by atoms with Gasteiger partial charge in [0.1, 0.15) is 5.75 Å². The number of hydrogen-bond donors (Lipinski definition) is 1. The zero-order chi connectivity index (χ0) is 16.4. The van der Waals surface area contributed by atoms with E-state index in [9.17, 15) is 9.90 Å². The summed E-state index contributed by atoms with van der Waals surface area (Å²) in [5.41, 5.74) is 0.980. The van der Waals surface area contributed by atoms with E-state index in [4.69, 9.17) is 4.74 Å². The summed E-state index contributed by atoms with van der Waals surface area (Å²) in [6.07, 6.45) is 5.99. The first-order valence-corrected chi connectivity index (χ1v) is 8.20. The molecule has 124 valence electrons. The van der Waals surface area contributed by atoms with Gasteiger partial charge in [0.25, 0.3) is 0 Å². The van der Waals surface area contributed by atoms with Crippen molar-refractivity contribution in [1.29, 1.82) is 0 Å². The van der Waals surface area contributed by atoms with Crippen LogP contribution in [0.25, 0.3) is 0 Å². The lowest BCUT2D eigenvalue weighted by molar-refractivity contribution is -0.140. The zero-order valence-electron chi connectivity index (χ0n) is 14.0. The number of carboxylic acid groups (broad SMARTS) is 1. The Hall–Kier alpha value is -1.71. The first kappa shape index (κ1) is 18.3. The van der Waals surface area contributed by atoms with Gasteiger partial charge < -0.3 is 14.7 Å². The fourth-order valence-electron chi connectivity index (χ4n) is 2.52. The third kappa shape index (κ3) is 5.96. The van der Waals surface area contributed by atoms with Crippen molar-refractivity contribution in [3.8, 4) is 5.75 Å². The van der Waals surface area contributed by atoms with E-state index in [2.05, 4.69) is 11.8 Å². The van der Waals surface area contributed by atoms with Gasteiger partial charge >= 0.3 is 5.97 Å². The maximum atomic E-state index is 11.2. The van der Waals surface area contributed by atoms with Gasteiger partial charge in [-0.2, -0.15) is 0 Å². The smallest absolute Gasteiger partial charge is 0.308 e. The highest BCUT2D eigenvalue weighted by Crippen LogP contribution is 2.28. The van der Waals surface area contributed by atoms with Gasteiger partial charge in [-0.05, 0) is 18.6 Å². The number of benzene rings is 1. The minimum absolute atomic E-state index is 0.402. The quantitative estimate of drug-likeness (QED) is 0.623. The second kappa shape index (κ2) is 10.1. The van der Waals surface area contributed by atoms with Crippen LogP contribution in [-0.4, -0.2) is 31.3 Å². The zero-order valence-corrected chi connectivity index (χ0v) is 14.0. The molecule has 0 saturated heterocycles. The summed E-state index contributed by atoms with van der Waals surface area (Å²) >= 11 is 0. The summed E-state index contributed by atoms with van der Waals surface area (Å²) in [6.45, 7) is 5.32. The Morgan fingerprint density at radius 3 is 2.55 bits per heavy atom. The van der Waals surface area contributed by atoms with Crippen molar-refractivity contribution in [3.05, 3.63) is 24.3 Å². The van der Waals surface area contributed by atoms with Crippen LogP contribution in [0.3, 0.4) is 0 Å². The van der Waals surface area contributed by atoms with Crippen LogP contribution in [0.4, 0.5) is 5.69 Å². The molecule has 0 bridgehead atoms. The molecule has 0 radical (unpaired) electrons. The molecule has 1 atom stereocenters. The summed E-state index contributed by atoms with van der Waals surface area (Å²) in [4.78, 5) is 13.3. The number of unbranched alkanes of at least 4 members (excludes halogenated alkanes) is 4. The van der Waals surface area contributed by atoms with Crippen molar-refractivity contribution in [2.24, 2.45) is 5.92 Å². The Morgan fingerprint density at radius 2 is 1.91 bits per heavy atom. The van der Waals surface area contributed by atoms with Gasteiger partial charge in [0.2, 0.25) is 0 Å². The molecule has 22 heavy (non-hydrogen) atoms. The van der Waals surface area contributed by atoms with Crippen molar-refractivity contribution in [1.82, 2.24) is 0 Å². The molecule has 0 saturated carbocycles. The third-order valence-corrected chi connectivity index (χ3v) is 3.87. The third-order valence-electron chi connectivity index (χ3n) is 3.87. The lowest BCUT2D eigenvalue weighted by atomic mass is 10.1. The Kier molecular flexibility index (Phi) is 8.41. The molecule has 0 aliphatic rings. The first-order valence-electron chi connectivity index (χ1n) is 8.20. The first-order chi connectivity index (χ1) is 10.6. The molecule has 4 heteroatoms. The van der Waals surface area contributed by atoms with E-state index in [0.717, 1.165) is 24.4 Å². The van der Waals surface area contributed by atoms with Crippen molar-refractivity contribution < 1.29 is 14.6 Å². The van der Waals surface area contributed by atoms with E-state index in [1.807, 2.05) is 24.3 Å². The van der Waals surface area contributed by atoms with Crippen molar-refractivity contribution in [3.63, 3.8) is 0 Å². The highest BCUT2D eigenvalue weighted by atomic mass is 16.5. The van der Waals surface area contributed by atoms with Gasteiger partial charge in [0, 0.05) is 13.1 Å². The molecule has 1 unspecified atom stereocenters. The van der Waals surface area contributed by atoms with Crippen molar-refractivity contribution in [2.75, 3.05) is 25.1 Å². The van der Waals surface area contributed by atoms with E-state index in [1.54, 1.807) is 14.0 Å². The largest absolute Gasteiger partial charge is 0.495 e. The Bertz CT molecular complexity index is 448. The second-order valence-corrected chi connectivity index (χ2v) is 5.77. The molecule has 0 aliphatic heterocycles.